The second-order valence-electron chi connectivity index (χ2n) is 6.68. The third kappa shape index (κ3) is 4.19. The molecular weight excluding hydrogens is 258 g/mol. The molecule has 3 heteroatoms. The Kier molecular flexibility index (Phi) is 4.79. The first-order chi connectivity index (χ1) is 10.3. The number of nitrogens with zero attached hydrogens (tertiary/aromatic N) is 2. The van der Waals surface area contributed by atoms with Crippen molar-refractivity contribution in [2.75, 3.05) is 18.0 Å². The lowest BCUT2D eigenvalue weighted by Gasteiger charge is -2.25. The molecule has 0 atom stereocenters. The van der Waals surface area contributed by atoms with Crippen LogP contribution in [-0.2, 0) is 13.0 Å². The molecule has 0 spiro atoms. The largest absolute Gasteiger partial charge is 0.353 e. The van der Waals surface area contributed by atoms with Crippen molar-refractivity contribution in [2.45, 2.75) is 65.0 Å². The van der Waals surface area contributed by atoms with E-state index < -0.39 is 0 Å². The van der Waals surface area contributed by atoms with Crippen molar-refractivity contribution in [2.24, 2.45) is 5.92 Å². The molecule has 0 bridgehead atoms. The minimum absolute atomic E-state index is 0.765. The van der Waals surface area contributed by atoms with Gasteiger partial charge in [-0.3, -0.25) is 0 Å². The molecule has 1 aromatic heterocycles. The summed E-state index contributed by atoms with van der Waals surface area (Å²) in [6, 6.07) is 5.36. The van der Waals surface area contributed by atoms with Crippen LogP contribution in [0.2, 0.25) is 0 Å². The molecule has 2 aliphatic rings. The molecule has 0 amide bonds. The summed E-state index contributed by atoms with van der Waals surface area (Å²) in [6.07, 6.45) is 7.76. The number of pyridine rings is 1. The van der Waals surface area contributed by atoms with Crippen molar-refractivity contribution in [3.63, 3.8) is 0 Å². The average molecular weight is 287 g/mol. The van der Waals surface area contributed by atoms with Crippen molar-refractivity contribution in [3.8, 4) is 0 Å². The van der Waals surface area contributed by atoms with Crippen molar-refractivity contribution in [3.05, 3.63) is 23.4 Å². The van der Waals surface area contributed by atoms with Crippen molar-refractivity contribution < 1.29 is 0 Å². The van der Waals surface area contributed by atoms with Gasteiger partial charge < -0.3 is 10.2 Å². The average Bonchev–Trinajstić information content (AvgIpc) is 3.38. The monoisotopic (exact) mass is 287 g/mol. The summed E-state index contributed by atoms with van der Waals surface area (Å²) in [5.41, 5.74) is 2.63. The van der Waals surface area contributed by atoms with Crippen LogP contribution in [0.4, 0.5) is 5.82 Å². The van der Waals surface area contributed by atoms with Gasteiger partial charge >= 0.3 is 0 Å². The Bertz CT molecular complexity index is 464. The van der Waals surface area contributed by atoms with Crippen LogP contribution < -0.4 is 10.2 Å². The first kappa shape index (κ1) is 14.8. The minimum atomic E-state index is 0.765. The van der Waals surface area contributed by atoms with Crippen LogP contribution in [0.5, 0.6) is 0 Å². The molecule has 0 aliphatic heterocycles. The summed E-state index contributed by atoms with van der Waals surface area (Å²) in [7, 11) is 0. The quantitative estimate of drug-likeness (QED) is 0.704. The molecule has 1 aromatic rings. The number of anilines is 1. The van der Waals surface area contributed by atoms with Gasteiger partial charge in [-0.15, -0.1) is 0 Å². The van der Waals surface area contributed by atoms with E-state index in [4.69, 9.17) is 4.98 Å². The van der Waals surface area contributed by atoms with Crippen LogP contribution in [0.25, 0.3) is 0 Å². The molecule has 2 aliphatic carbocycles. The van der Waals surface area contributed by atoms with Crippen molar-refractivity contribution in [1.29, 1.82) is 0 Å². The van der Waals surface area contributed by atoms with Crippen molar-refractivity contribution in [1.82, 2.24) is 10.3 Å². The number of hydrogen-bond acceptors (Lipinski definition) is 3. The lowest BCUT2D eigenvalue weighted by atomic mass is 10.1. The van der Waals surface area contributed by atoms with Crippen LogP contribution in [0.15, 0.2) is 12.1 Å². The molecule has 0 aromatic carbocycles. The Morgan fingerprint density at radius 3 is 2.62 bits per heavy atom. The van der Waals surface area contributed by atoms with Gasteiger partial charge in [0.05, 0.1) is 0 Å². The van der Waals surface area contributed by atoms with Crippen LogP contribution >= 0.6 is 0 Å². The molecule has 3 rings (SSSR count). The number of hydrogen-bond donors (Lipinski definition) is 1. The number of aromatic nitrogens is 1. The first-order valence-corrected chi connectivity index (χ1v) is 8.77. The molecule has 2 fully saturated rings. The van der Waals surface area contributed by atoms with E-state index in [9.17, 15) is 0 Å². The SMILES string of the molecule is CCCNCc1cc(CC)nc(N(CC2CC2)C2CC2)c1. The van der Waals surface area contributed by atoms with Gasteiger partial charge in [0.15, 0.2) is 0 Å². The van der Waals surface area contributed by atoms with Gasteiger partial charge in [0, 0.05) is 24.8 Å². The highest BCUT2D eigenvalue weighted by atomic mass is 15.2. The topological polar surface area (TPSA) is 28.2 Å². The molecule has 21 heavy (non-hydrogen) atoms. The fourth-order valence-electron chi connectivity index (χ4n) is 2.87. The lowest BCUT2D eigenvalue weighted by Crippen LogP contribution is -2.29. The minimum Gasteiger partial charge on any atom is -0.353 e. The van der Waals surface area contributed by atoms with Crippen LogP contribution in [-0.4, -0.2) is 24.1 Å². The highest BCUT2D eigenvalue weighted by Gasteiger charge is 2.34. The van der Waals surface area contributed by atoms with Gasteiger partial charge in [-0.1, -0.05) is 13.8 Å². The third-order valence-corrected chi connectivity index (χ3v) is 4.48. The summed E-state index contributed by atoms with van der Waals surface area (Å²) >= 11 is 0. The smallest absolute Gasteiger partial charge is 0.129 e. The summed E-state index contributed by atoms with van der Waals surface area (Å²) in [5, 5.41) is 3.52. The normalized spacial score (nSPS) is 18.0. The van der Waals surface area contributed by atoms with E-state index in [0.717, 1.165) is 31.5 Å². The second kappa shape index (κ2) is 6.78. The van der Waals surface area contributed by atoms with E-state index >= 15 is 0 Å². The molecule has 0 radical (unpaired) electrons. The molecule has 0 saturated heterocycles. The maximum Gasteiger partial charge on any atom is 0.129 e. The van der Waals surface area contributed by atoms with E-state index in [1.807, 2.05) is 0 Å². The summed E-state index contributed by atoms with van der Waals surface area (Å²) in [6.45, 7) is 7.71. The van der Waals surface area contributed by atoms with E-state index in [0.29, 0.717) is 0 Å². The zero-order valence-corrected chi connectivity index (χ0v) is 13.6. The molecular formula is C18H29N3. The Hall–Kier alpha value is -1.09. The van der Waals surface area contributed by atoms with E-state index in [1.54, 1.807) is 0 Å². The van der Waals surface area contributed by atoms with Crippen LogP contribution in [0.1, 0.15) is 57.2 Å². The maximum atomic E-state index is 4.92. The Morgan fingerprint density at radius 2 is 2.00 bits per heavy atom. The molecule has 1 N–H and O–H groups in total. The fourth-order valence-corrected chi connectivity index (χ4v) is 2.87. The summed E-state index contributed by atoms with van der Waals surface area (Å²) < 4.78 is 0. The predicted octanol–water partition coefficient (Wildman–Crippen LogP) is 3.52. The van der Waals surface area contributed by atoms with Gasteiger partial charge in [-0.2, -0.15) is 0 Å². The number of aryl methyl sites for hydroxylation is 1. The molecule has 1 heterocycles. The Morgan fingerprint density at radius 1 is 1.19 bits per heavy atom. The van der Waals surface area contributed by atoms with Crippen LogP contribution in [0.3, 0.4) is 0 Å². The molecule has 2 saturated carbocycles. The first-order valence-electron chi connectivity index (χ1n) is 8.77. The van der Waals surface area contributed by atoms with Crippen LogP contribution in [0, 0.1) is 5.92 Å². The van der Waals surface area contributed by atoms with Gasteiger partial charge in [0.2, 0.25) is 0 Å². The molecule has 0 unspecified atom stereocenters. The highest BCUT2D eigenvalue weighted by molar-refractivity contribution is 5.45. The highest BCUT2D eigenvalue weighted by Crippen LogP contribution is 2.37. The standard InChI is InChI=1S/C18H29N3/c1-3-9-19-12-15-10-16(4-2)20-18(11-15)21(17-7-8-17)13-14-5-6-14/h10-11,14,17,19H,3-9,12-13H2,1-2H3. The van der Waals surface area contributed by atoms with Gasteiger partial charge in [0.1, 0.15) is 5.82 Å². The molecule has 116 valence electrons. The third-order valence-electron chi connectivity index (χ3n) is 4.48. The zero-order valence-electron chi connectivity index (χ0n) is 13.6. The fraction of sp³-hybridized carbons (Fsp3) is 0.722. The van der Waals surface area contributed by atoms with Gasteiger partial charge in [-0.25, -0.2) is 4.98 Å². The lowest BCUT2D eigenvalue weighted by molar-refractivity contribution is 0.670. The maximum absolute atomic E-state index is 4.92. The van der Waals surface area contributed by atoms with Gasteiger partial charge in [-0.05, 0) is 68.7 Å². The predicted molar refractivity (Wildman–Crippen MR) is 88.7 cm³/mol. The summed E-state index contributed by atoms with van der Waals surface area (Å²) in [4.78, 5) is 7.52. The number of rotatable bonds is 9. The van der Waals surface area contributed by atoms with E-state index in [1.165, 1.54) is 55.7 Å². The Balaban J connectivity index is 1.75. The van der Waals surface area contributed by atoms with Crippen molar-refractivity contribution >= 4 is 5.82 Å². The zero-order chi connectivity index (χ0) is 14.7. The Labute approximate surface area is 129 Å². The number of nitrogens with one attached hydrogen (secondary N) is 1. The van der Waals surface area contributed by atoms with E-state index in [2.05, 4.69) is 36.2 Å². The molecule has 3 nitrogen and oxygen atoms in total. The summed E-state index contributed by atoms with van der Waals surface area (Å²) in [5.74, 6) is 2.16. The van der Waals surface area contributed by atoms with E-state index in [-0.39, 0.29) is 0 Å². The second-order valence-corrected chi connectivity index (χ2v) is 6.68. The van der Waals surface area contributed by atoms with Gasteiger partial charge in [0.25, 0.3) is 0 Å².